The summed E-state index contributed by atoms with van der Waals surface area (Å²) >= 11 is 0. The summed E-state index contributed by atoms with van der Waals surface area (Å²) in [7, 11) is 0. The Morgan fingerprint density at radius 2 is 2.20 bits per heavy atom. The fourth-order valence-electron chi connectivity index (χ4n) is 2.61. The number of amides is 2. The smallest absolute Gasteiger partial charge is 0.241 e. The number of hydrogen-bond acceptors (Lipinski definition) is 4. The van der Waals surface area contributed by atoms with Gasteiger partial charge in [-0.15, -0.1) is 0 Å². The standard InChI is InChI=1S/C14H17N3O3/c18-10-6-12(15-7-10)14(20)16-9-2-3-11-8(5-9)1-4-13(19)17-11/h2-3,5,10,12,15,18H,1,4,6-7H2,(H,16,20)(H,17,19). The van der Waals surface area contributed by atoms with Crippen molar-refractivity contribution in [2.45, 2.75) is 31.4 Å². The molecule has 0 aromatic heterocycles. The molecule has 1 fully saturated rings. The number of aliphatic hydroxyl groups excluding tert-OH is 1. The normalized spacial score (nSPS) is 24.9. The number of β-amino-alcohol motifs (C(OH)–C–C–N with tert-alkyl or cyclic N) is 1. The van der Waals surface area contributed by atoms with Crippen LogP contribution in [-0.2, 0) is 16.0 Å². The first-order valence-electron chi connectivity index (χ1n) is 6.77. The molecule has 4 N–H and O–H groups in total. The van der Waals surface area contributed by atoms with Gasteiger partial charge in [-0.3, -0.25) is 9.59 Å². The highest BCUT2D eigenvalue weighted by Crippen LogP contribution is 2.25. The largest absolute Gasteiger partial charge is 0.392 e. The molecule has 2 aliphatic rings. The SMILES string of the molecule is O=C1CCc2cc(NC(=O)C3CC(O)CN3)ccc2N1. The van der Waals surface area contributed by atoms with Crippen molar-refractivity contribution in [2.75, 3.05) is 17.2 Å². The Labute approximate surface area is 116 Å². The second kappa shape index (κ2) is 5.22. The second-order valence-electron chi connectivity index (χ2n) is 5.26. The van der Waals surface area contributed by atoms with Gasteiger partial charge in [0.25, 0.3) is 0 Å². The summed E-state index contributed by atoms with van der Waals surface area (Å²) in [5.74, 6) is -0.111. The molecule has 20 heavy (non-hydrogen) atoms. The highest BCUT2D eigenvalue weighted by molar-refractivity contribution is 5.97. The molecule has 0 radical (unpaired) electrons. The van der Waals surface area contributed by atoms with E-state index >= 15 is 0 Å². The maximum atomic E-state index is 12.0. The number of benzene rings is 1. The number of nitrogens with one attached hydrogen (secondary N) is 3. The molecular weight excluding hydrogens is 258 g/mol. The van der Waals surface area contributed by atoms with Crippen LogP contribution in [0.4, 0.5) is 11.4 Å². The molecule has 2 aliphatic heterocycles. The average Bonchev–Trinajstić information content (AvgIpc) is 2.86. The predicted molar refractivity (Wildman–Crippen MR) is 74.4 cm³/mol. The number of hydrogen-bond donors (Lipinski definition) is 4. The maximum absolute atomic E-state index is 12.0. The average molecular weight is 275 g/mol. The van der Waals surface area contributed by atoms with Crippen molar-refractivity contribution in [3.8, 4) is 0 Å². The second-order valence-corrected chi connectivity index (χ2v) is 5.26. The molecule has 2 amide bonds. The van der Waals surface area contributed by atoms with E-state index in [2.05, 4.69) is 16.0 Å². The van der Waals surface area contributed by atoms with Crippen LogP contribution in [0.2, 0.25) is 0 Å². The van der Waals surface area contributed by atoms with Gasteiger partial charge < -0.3 is 21.1 Å². The number of anilines is 2. The van der Waals surface area contributed by atoms with E-state index in [0.717, 1.165) is 11.3 Å². The van der Waals surface area contributed by atoms with Gasteiger partial charge in [0.05, 0.1) is 12.1 Å². The third-order valence-corrected chi connectivity index (χ3v) is 3.69. The third kappa shape index (κ3) is 2.66. The summed E-state index contributed by atoms with van der Waals surface area (Å²) < 4.78 is 0. The number of carbonyl (C=O) groups is 2. The predicted octanol–water partition coefficient (Wildman–Crippen LogP) is 0.233. The Morgan fingerprint density at radius 3 is 2.95 bits per heavy atom. The van der Waals surface area contributed by atoms with E-state index in [0.29, 0.717) is 31.5 Å². The number of carbonyl (C=O) groups excluding carboxylic acids is 2. The lowest BCUT2D eigenvalue weighted by Gasteiger charge is -2.18. The molecule has 3 rings (SSSR count). The zero-order valence-electron chi connectivity index (χ0n) is 11.0. The van der Waals surface area contributed by atoms with Gasteiger partial charge in [-0.25, -0.2) is 0 Å². The van der Waals surface area contributed by atoms with E-state index in [9.17, 15) is 14.7 Å². The quantitative estimate of drug-likeness (QED) is 0.622. The van der Waals surface area contributed by atoms with E-state index in [1.165, 1.54) is 0 Å². The Hall–Kier alpha value is -1.92. The Morgan fingerprint density at radius 1 is 1.35 bits per heavy atom. The van der Waals surface area contributed by atoms with Gasteiger partial charge in [-0.2, -0.15) is 0 Å². The first-order valence-corrected chi connectivity index (χ1v) is 6.77. The molecule has 0 saturated carbocycles. The van der Waals surface area contributed by atoms with Crippen molar-refractivity contribution in [3.63, 3.8) is 0 Å². The highest BCUT2D eigenvalue weighted by atomic mass is 16.3. The van der Waals surface area contributed by atoms with Crippen LogP contribution in [0, 0.1) is 0 Å². The van der Waals surface area contributed by atoms with Crippen molar-refractivity contribution >= 4 is 23.2 Å². The number of fused-ring (bicyclic) bond motifs is 1. The number of rotatable bonds is 2. The Kier molecular flexibility index (Phi) is 3.42. The van der Waals surface area contributed by atoms with Crippen molar-refractivity contribution < 1.29 is 14.7 Å². The van der Waals surface area contributed by atoms with Crippen LogP contribution >= 0.6 is 0 Å². The zero-order valence-corrected chi connectivity index (χ0v) is 11.0. The third-order valence-electron chi connectivity index (χ3n) is 3.69. The van der Waals surface area contributed by atoms with E-state index in [1.807, 2.05) is 6.07 Å². The van der Waals surface area contributed by atoms with E-state index < -0.39 is 6.10 Å². The summed E-state index contributed by atoms with van der Waals surface area (Å²) in [6.07, 6.45) is 1.14. The molecule has 0 bridgehead atoms. The van der Waals surface area contributed by atoms with Gasteiger partial charge in [0, 0.05) is 24.3 Å². The molecule has 1 saturated heterocycles. The van der Waals surface area contributed by atoms with Crippen molar-refractivity contribution in [1.29, 1.82) is 0 Å². The van der Waals surface area contributed by atoms with E-state index in [-0.39, 0.29) is 17.9 Å². The lowest BCUT2D eigenvalue weighted by atomic mass is 10.0. The number of aliphatic hydroxyl groups is 1. The minimum Gasteiger partial charge on any atom is -0.392 e. The summed E-state index contributed by atoms with van der Waals surface area (Å²) in [5, 5.41) is 18.0. The number of aryl methyl sites for hydroxylation is 1. The zero-order chi connectivity index (χ0) is 14.1. The monoisotopic (exact) mass is 275 g/mol. The fourth-order valence-corrected chi connectivity index (χ4v) is 2.61. The van der Waals surface area contributed by atoms with Crippen LogP contribution in [0.25, 0.3) is 0 Å². The van der Waals surface area contributed by atoms with Crippen LogP contribution in [0.1, 0.15) is 18.4 Å². The Balaban J connectivity index is 1.69. The van der Waals surface area contributed by atoms with Crippen molar-refractivity contribution in [1.82, 2.24) is 5.32 Å². The van der Waals surface area contributed by atoms with Gasteiger partial charge in [-0.1, -0.05) is 0 Å². The summed E-state index contributed by atoms with van der Waals surface area (Å²) in [6.45, 7) is 0.453. The lowest BCUT2D eigenvalue weighted by molar-refractivity contribution is -0.118. The molecule has 0 spiro atoms. The van der Waals surface area contributed by atoms with Crippen molar-refractivity contribution in [2.24, 2.45) is 0 Å². The maximum Gasteiger partial charge on any atom is 0.241 e. The minimum absolute atomic E-state index is 0.0263. The van der Waals surface area contributed by atoms with E-state index in [1.54, 1.807) is 12.1 Å². The molecule has 2 unspecified atom stereocenters. The van der Waals surface area contributed by atoms with Gasteiger partial charge in [0.15, 0.2) is 0 Å². The molecule has 1 aromatic carbocycles. The summed E-state index contributed by atoms with van der Waals surface area (Å²) in [6, 6.07) is 5.12. The molecule has 2 atom stereocenters. The molecule has 0 aliphatic carbocycles. The van der Waals surface area contributed by atoms with Crippen LogP contribution in [-0.4, -0.2) is 35.6 Å². The minimum atomic E-state index is -0.454. The van der Waals surface area contributed by atoms with Gasteiger partial charge in [0.2, 0.25) is 11.8 Å². The van der Waals surface area contributed by atoms with Gasteiger partial charge in [-0.05, 0) is 36.6 Å². The van der Waals surface area contributed by atoms with Crippen LogP contribution < -0.4 is 16.0 Å². The molecule has 6 heteroatoms. The molecule has 106 valence electrons. The summed E-state index contributed by atoms with van der Waals surface area (Å²) in [4.78, 5) is 23.3. The van der Waals surface area contributed by atoms with Gasteiger partial charge in [0.1, 0.15) is 0 Å². The topological polar surface area (TPSA) is 90.5 Å². The highest BCUT2D eigenvalue weighted by Gasteiger charge is 2.28. The van der Waals surface area contributed by atoms with Gasteiger partial charge >= 0.3 is 0 Å². The van der Waals surface area contributed by atoms with Crippen LogP contribution in [0.5, 0.6) is 0 Å². The lowest BCUT2D eigenvalue weighted by Crippen LogP contribution is -2.35. The molecule has 1 aromatic rings. The first-order chi connectivity index (χ1) is 9.61. The molecule has 2 heterocycles. The van der Waals surface area contributed by atoms with E-state index in [4.69, 9.17) is 0 Å². The first kappa shape index (κ1) is 13.1. The Bertz CT molecular complexity index is 559. The molecular formula is C14H17N3O3. The van der Waals surface area contributed by atoms with Crippen LogP contribution in [0.15, 0.2) is 18.2 Å². The van der Waals surface area contributed by atoms with Crippen molar-refractivity contribution in [3.05, 3.63) is 23.8 Å². The summed E-state index contributed by atoms with van der Waals surface area (Å²) in [5.41, 5.74) is 2.56. The fraction of sp³-hybridized carbons (Fsp3) is 0.429. The molecule has 6 nitrogen and oxygen atoms in total. The van der Waals surface area contributed by atoms with Crippen LogP contribution in [0.3, 0.4) is 0 Å².